The predicted molar refractivity (Wildman–Crippen MR) is 233 cm³/mol. The molecule has 4 fully saturated rings. The van der Waals surface area contributed by atoms with Crippen LogP contribution in [0.25, 0.3) is 0 Å². The molecule has 8 nitrogen and oxygen atoms in total. The third kappa shape index (κ3) is 45.7. The van der Waals surface area contributed by atoms with E-state index in [1.807, 2.05) is 27.7 Å². The molecule has 4 rings (SSSR count). The number of likely N-dealkylation sites (tertiary alicyclic amines) is 4. The summed E-state index contributed by atoms with van der Waals surface area (Å²) in [6.45, 7) is 23.9. The minimum Gasteiger partial charge on any atom is -0.396 e. The van der Waals surface area contributed by atoms with E-state index < -0.39 is 0 Å². The molecule has 4 saturated heterocycles. The summed E-state index contributed by atoms with van der Waals surface area (Å²) in [7, 11) is 15.2. The molecule has 0 saturated carbocycles. The Bertz CT molecular complexity index is 426. The van der Waals surface area contributed by atoms with Crippen molar-refractivity contribution >= 4 is 0 Å². The fourth-order valence-corrected chi connectivity index (χ4v) is 5.48. The molecular formula is C42H105N5O3. The lowest BCUT2D eigenvalue weighted by atomic mass is 9.95. The second-order valence-electron chi connectivity index (χ2n) is 13.0. The minimum absolute atomic E-state index is 0. The Labute approximate surface area is 320 Å². The molecule has 50 heavy (non-hydrogen) atoms. The molecule has 3 N–H and O–H groups in total. The second kappa shape index (κ2) is 53.0. The minimum atomic E-state index is 0. The first-order valence-corrected chi connectivity index (χ1v) is 19.0. The summed E-state index contributed by atoms with van der Waals surface area (Å²) >= 11 is 0. The van der Waals surface area contributed by atoms with Gasteiger partial charge in [-0.25, -0.2) is 0 Å². The first-order chi connectivity index (χ1) is 22.1. The molecular weight excluding hydrogens is 622 g/mol. The predicted octanol–water partition coefficient (Wildman–Crippen LogP) is 9.21. The fourth-order valence-electron chi connectivity index (χ4n) is 5.48. The molecule has 0 aromatic carbocycles. The van der Waals surface area contributed by atoms with E-state index in [2.05, 4.69) is 71.1 Å². The number of methoxy groups -OCH3 is 2. The van der Waals surface area contributed by atoms with Crippen molar-refractivity contribution in [1.29, 1.82) is 0 Å². The van der Waals surface area contributed by atoms with Crippen LogP contribution >= 0.6 is 0 Å². The highest BCUT2D eigenvalue weighted by atomic mass is 16.5. The van der Waals surface area contributed by atoms with Crippen LogP contribution in [0.3, 0.4) is 0 Å². The van der Waals surface area contributed by atoms with Crippen molar-refractivity contribution in [1.82, 2.24) is 19.6 Å². The third-order valence-electron chi connectivity index (χ3n) is 9.10. The highest BCUT2D eigenvalue weighted by molar-refractivity contribution is 4.71. The average molecular weight is 728 g/mol. The molecule has 0 aromatic rings. The Hall–Kier alpha value is -0.320. The molecule has 0 aliphatic carbocycles. The van der Waals surface area contributed by atoms with Crippen LogP contribution in [0.5, 0.6) is 0 Å². The van der Waals surface area contributed by atoms with Crippen molar-refractivity contribution in [3.63, 3.8) is 0 Å². The number of nitrogens with zero attached hydrogens (tertiary/aromatic N) is 4. The number of ether oxygens (including phenoxy) is 2. The third-order valence-corrected chi connectivity index (χ3v) is 9.10. The van der Waals surface area contributed by atoms with Gasteiger partial charge in [0.1, 0.15) is 0 Å². The molecule has 0 spiro atoms. The lowest BCUT2D eigenvalue weighted by molar-refractivity contribution is 0.148. The van der Waals surface area contributed by atoms with Gasteiger partial charge in [-0.1, -0.05) is 84.1 Å². The van der Waals surface area contributed by atoms with Crippen LogP contribution in [0.15, 0.2) is 0 Å². The van der Waals surface area contributed by atoms with E-state index in [1.165, 1.54) is 103 Å². The Morgan fingerprint density at radius 1 is 0.460 bits per heavy atom. The maximum absolute atomic E-state index is 8.76. The molecule has 0 radical (unpaired) electrons. The molecule has 0 aromatic heterocycles. The lowest BCUT2D eigenvalue weighted by Gasteiger charge is -2.27. The van der Waals surface area contributed by atoms with Crippen molar-refractivity contribution in [2.45, 2.75) is 135 Å². The van der Waals surface area contributed by atoms with Gasteiger partial charge in [0, 0.05) is 35.0 Å². The van der Waals surface area contributed by atoms with E-state index in [9.17, 15) is 0 Å². The summed E-state index contributed by atoms with van der Waals surface area (Å²) in [5.74, 6) is 3.45. The van der Waals surface area contributed by atoms with E-state index in [1.54, 1.807) is 28.4 Å². The summed E-state index contributed by atoms with van der Waals surface area (Å²) in [6.07, 6.45) is 13.4. The van der Waals surface area contributed by atoms with Crippen molar-refractivity contribution in [2.75, 3.05) is 122 Å². The molecule has 4 heterocycles. The second-order valence-corrected chi connectivity index (χ2v) is 13.0. The number of nitrogens with two attached hydrogens (primary N) is 1. The van der Waals surface area contributed by atoms with Crippen molar-refractivity contribution in [2.24, 2.45) is 29.4 Å². The quantitative estimate of drug-likeness (QED) is 0.297. The van der Waals surface area contributed by atoms with Gasteiger partial charge in [-0.05, 0) is 162 Å². The van der Waals surface area contributed by atoms with E-state index in [0.29, 0.717) is 12.5 Å². The molecule has 316 valence electrons. The molecule has 0 amide bonds. The number of aliphatic hydroxyl groups excluding tert-OH is 1. The van der Waals surface area contributed by atoms with Gasteiger partial charge in [0.15, 0.2) is 0 Å². The average Bonchev–Trinajstić information content (AvgIpc) is 3.10. The van der Waals surface area contributed by atoms with Gasteiger partial charge in [-0.15, -0.1) is 0 Å². The van der Waals surface area contributed by atoms with Crippen molar-refractivity contribution in [3.8, 4) is 0 Å². The molecule has 0 atom stereocenters. The van der Waals surface area contributed by atoms with Crippen molar-refractivity contribution in [3.05, 3.63) is 0 Å². The first-order valence-electron chi connectivity index (χ1n) is 19.0. The molecule has 0 unspecified atom stereocenters. The number of rotatable bonds is 4. The number of aliphatic hydroxyl groups is 1. The van der Waals surface area contributed by atoms with E-state index >= 15 is 0 Å². The van der Waals surface area contributed by atoms with Crippen molar-refractivity contribution < 1.29 is 14.6 Å². The van der Waals surface area contributed by atoms with Crippen LogP contribution in [0.1, 0.15) is 135 Å². The zero-order valence-electron chi connectivity index (χ0n) is 34.1. The molecule has 0 bridgehead atoms. The van der Waals surface area contributed by atoms with E-state index in [-0.39, 0.29) is 29.7 Å². The highest BCUT2D eigenvalue weighted by Crippen LogP contribution is 2.19. The standard InChI is InChI=1S/2C8H17N.C7H16N2.C7H15NO.2C2H6O.2C2H6.4CH4/c2*1-3-8-4-6-9(2)7-5-8;1-9-4-2-7(6-8)3-5-9;1-8-4-2-7(6-9)3-5-8;2*1-3-2;2*1-2;;;;/h2*8H,3-7H2,1-2H3;7H,2-6,8H2,1H3;7,9H,2-6H2,1H3;2*1-2H3;2*1-2H3;4*1H4. The lowest BCUT2D eigenvalue weighted by Crippen LogP contribution is -2.33. The first kappa shape index (κ1) is 67.8. The monoisotopic (exact) mass is 728 g/mol. The van der Waals surface area contributed by atoms with E-state index in [0.717, 1.165) is 37.4 Å². The van der Waals surface area contributed by atoms with Crippen LogP contribution in [0.2, 0.25) is 0 Å². The summed E-state index contributed by atoms with van der Waals surface area (Å²) in [5.41, 5.74) is 5.53. The normalized spacial score (nSPS) is 18.7. The fraction of sp³-hybridized carbons (Fsp3) is 1.00. The molecule has 4 aliphatic heterocycles. The van der Waals surface area contributed by atoms with Crippen LogP contribution in [-0.2, 0) is 9.47 Å². The highest BCUT2D eigenvalue weighted by Gasteiger charge is 2.16. The summed E-state index contributed by atoms with van der Waals surface area (Å²) in [6, 6.07) is 0. The topological polar surface area (TPSA) is 77.7 Å². The van der Waals surface area contributed by atoms with Gasteiger partial charge in [0.05, 0.1) is 0 Å². The van der Waals surface area contributed by atoms with Crippen LogP contribution in [0.4, 0.5) is 0 Å². The largest absolute Gasteiger partial charge is 0.396 e. The number of hydrogen-bond acceptors (Lipinski definition) is 8. The SMILES string of the molecule is C.C.C.C.CC.CC.CCC1CCN(C)CC1.CCC1CCN(C)CC1.CN1CCC(CN)CC1.CN1CCC(CO)CC1.COC.COC. The van der Waals surface area contributed by atoms with Gasteiger partial charge in [-0.3, -0.25) is 0 Å². The van der Waals surface area contributed by atoms with Crippen LogP contribution < -0.4 is 5.73 Å². The zero-order chi connectivity index (χ0) is 36.2. The van der Waals surface area contributed by atoms with Crippen LogP contribution in [0, 0.1) is 23.7 Å². The van der Waals surface area contributed by atoms with Crippen LogP contribution in [-0.4, -0.2) is 147 Å². The smallest absolute Gasteiger partial charge is 0.0460 e. The Morgan fingerprint density at radius 2 is 0.640 bits per heavy atom. The Morgan fingerprint density at radius 3 is 0.800 bits per heavy atom. The number of hydrogen-bond donors (Lipinski definition) is 2. The maximum Gasteiger partial charge on any atom is 0.0460 e. The molecule has 4 aliphatic rings. The summed E-state index contributed by atoms with van der Waals surface area (Å²) in [5, 5.41) is 8.76. The van der Waals surface area contributed by atoms with Gasteiger partial charge in [0.2, 0.25) is 0 Å². The molecule has 8 heteroatoms. The maximum atomic E-state index is 8.76. The zero-order valence-corrected chi connectivity index (χ0v) is 34.1. The summed E-state index contributed by atoms with van der Waals surface area (Å²) < 4.78 is 8.50. The van der Waals surface area contributed by atoms with Gasteiger partial charge >= 0.3 is 0 Å². The van der Waals surface area contributed by atoms with Gasteiger partial charge in [0.25, 0.3) is 0 Å². The summed E-state index contributed by atoms with van der Waals surface area (Å²) in [4.78, 5) is 9.52. The number of piperidine rings is 4. The Kier molecular flexibility index (Phi) is 71.9. The Balaban J connectivity index is -0.0000000703. The van der Waals surface area contributed by atoms with Gasteiger partial charge < -0.3 is 39.9 Å². The van der Waals surface area contributed by atoms with Gasteiger partial charge in [-0.2, -0.15) is 0 Å². The van der Waals surface area contributed by atoms with E-state index in [4.69, 9.17) is 10.8 Å².